The summed E-state index contributed by atoms with van der Waals surface area (Å²) in [6.07, 6.45) is 0. The highest BCUT2D eigenvalue weighted by Gasteiger charge is 2.23. The maximum Gasteiger partial charge on any atom is 0.264 e. The molecule has 0 heterocycles. The number of benzene rings is 2. The van der Waals surface area contributed by atoms with Crippen LogP contribution in [0.15, 0.2) is 29.2 Å². The van der Waals surface area contributed by atoms with Crippen LogP contribution in [0.2, 0.25) is 0 Å². The van der Waals surface area contributed by atoms with Gasteiger partial charge >= 0.3 is 0 Å². The summed E-state index contributed by atoms with van der Waals surface area (Å²) in [6, 6.07) is 1.67. The van der Waals surface area contributed by atoms with E-state index in [1.807, 2.05) is 5.32 Å². The largest absolute Gasteiger partial charge is 0.322 e. The first-order chi connectivity index (χ1) is 11.0. The van der Waals surface area contributed by atoms with Crippen LogP contribution in [0.3, 0.4) is 0 Å². The number of rotatable bonds is 3. The number of hydrogen-bond acceptors (Lipinski definition) is 3. The van der Waals surface area contributed by atoms with Gasteiger partial charge in [0.05, 0.1) is 0 Å². The molecule has 4 nitrogen and oxygen atoms in total. The Morgan fingerprint density at radius 1 is 0.875 bits per heavy atom. The number of amides is 1. The summed E-state index contributed by atoms with van der Waals surface area (Å²) in [7, 11) is 0.228. The quantitative estimate of drug-likeness (QED) is 0.499. The highest BCUT2D eigenvalue weighted by molar-refractivity contribution is 8.13. The van der Waals surface area contributed by atoms with Crippen molar-refractivity contribution in [2.75, 3.05) is 5.32 Å². The molecule has 0 atom stereocenters. The van der Waals surface area contributed by atoms with Gasteiger partial charge in [-0.3, -0.25) is 4.79 Å². The molecular formula is C13H5ClF5NO3S. The zero-order chi connectivity index (χ0) is 18.2. The highest BCUT2D eigenvalue weighted by Crippen LogP contribution is 2.24. The van der Waals surface area contributed by atoms with Crippen molar-refractivity contribution in [2.24, 2.45) is 0 Å². The van der Waals surface area contributed by atoms with Gasteiger partial charge in [0.15, 0.2) is 29.1 Å². The standard InChI is InChI=1S/C13H5ClF5NO3S/c14-24(22,23)10-2-5(1-7(15)12(10)19)13(21)20-6-3-8(16)11(18)9(17)4-6/h1-4H,(H,20,21). The van der Waals surface area contributed by atoms with Gasteiger partial charge in [0, 0.05) is 34.1 Å². The second kappa shape index (κ2) is 6.36. The van der Waals surface area contributed by atoms with Gasteiger partial charge in [-0.05, 0) is 12.1 Å². The Kier molecular flexibility index (Phi) is 4.81. The summed E-state index contributed by atoms with van der Waals surface area (Å²) >= 11 is 0. The Morgan fingerprint density at radius 3 is 1.88 bits per heavy atom. The maximum absolute atomic E-state index is 13.4. The predicted octanol–water partition coefficient (Wildman–Crippen LogP) is 3.56. The molecule has 0 aliphatic carbocycles. The van der Waals surface area contributed by atoms with Gasteiger partial charge in [0.1, 0.15) is 4.90 Å². The molecule has 0 saturated heterocycles. The third kappa shape index (κ3) is 3.65. The molecular weight excluding hydrogens is 381 g/mol. The van der Waals surface area contributed by atoms with E-state index >= 15 is 0 Å². The van der Waals surface area contributed by atoms with E-state index < -0.39 is 60.2 Å². The second-order valence-corrected chi connectivity index (χ2v) is 6.95. The molecule has 0 bridgehead atoms. The van der Waals surface area contributed by atoms with Crippen molar-refractivity contribution in [1.82, 2.24) is 0 Å². The summed E-state index contributed by atoms with van der Waals surface area (Å²) in [5.74, 6) is -9.67. The summed E-state index contributed by atoms with van der Waals surface area (Å²) in [5, 5.41) is 1.88. The molecule has 11 heteroatoms. The molecule has 2 rings (SSSR count). The molecule has 1 amide bonds. The van der Waals surface area contributed by atoms with Crippen molar-refractivity contribution in [3.63, 3.8) is 0 Å². The molecule has 0 aromatic heterocycles. The van der Waals surface area contributed by atoms with Crippen LogP contribution >= 0.6 is 10.7 Å². The van der Waals surface area contributed by atoms with Crippen LogP contribution in [0.4, 0.5) is 27.6 Å². The first kappa shape index (κ1) is 18.1. The van der Waals surface area contributed by atoms with E-state index in [0.717, 1.165) is 0 Å². The SMILES string of the molecule is O=C(Nc1cc(F)c(F)c(F)c1)c1cc(F)c(F)c(S(=O)(=O)Cl)c1. The van der Waals surface area contributed by atoms with Crippen LogP contribution in [0.5, 0.6) is 0 Å². The van der Waals surface area contributed by atoms with Gasteiger partial charge in [0.2, 0.25) is 0 Å². The normalized spacial score (nSPS) is 11.4. The Bertz CT molecular complexity index is 926. The summed E-state index contributed by atoms with van der Waals surface area (Å²) in [4.78, 5) is 10.6. The lowest BCUT2D eigenvalue weighted by atomic mass is 10.2. The van der Waals surface area contributed by atoms with E-state index in [1.165, 1.54) is 0 Å². The third-order valence-corrected chi connectivity index (χ3v) is 4.08. The summed E-state index contributed by atoms with van der Waals surface area (Å²) < 4.78 is 88.0. The van der Waals surface area contributed by atoms with Gasteiger partial charge in [-0.2, -0.15) is 0 Å². The highest BCUT2D eigenvalue weighted by atomic mass is 35.7. The summed E-state index contributed by atoms with van der Waals surface area (Å²) in [5.41, 5.74) is -1.23. The maximum atomic E-state index is 13.4. The van der Waals surface area contributed by atoms with Crippen LogP contribution in [0.1, 0.15) is 10.4 Å². The first-order valence-corrected chi connectivity index (χ1v) is 8.21. The number of hydrogen-bond donors (Lipinski definition) is 1. The van der Waals surface area contributed by atoms with E-state index in [-0.39, 0.29) is 0 Å². The smallest absolute Gasteiger partial charge is 0.264 e. The summed E-state index contributed by atoms with van der Waals surface area (Å²) in [6.45, 7) is 0. The van der Waals surface area contributed by atoms with Crippen molar-refractivity contribution in [3.05, 3.63) is 58.9 Å². The van der Waals surface area contributed by atoms with Crippen LogP contribution in [-0.4, -0.2) is 14.3 Å². The fourth-order valence-corrected chi connectivity index (χ4v) is 2.62. The van der Waals surface area contributed by atoms with Gasteiger partial charge in [-0.1, -0.05) is 0 Å². The van der Waals surface area contributed by atoms with Crippen molar-refractivity contribution in [3.8, 4) is 0 Å². The number of halogens is 6. The van der Waals surface area contributed by atoms with Gasteiger partial charge in [0.25, 0.3) is 15.0 Å². The van der Waals surface area contributed by atoms with E-state index in [4.69, 9.17) is 10.7 Å². The average Bonchev–Trinajstić information content (AvgIpc) is 2.46. The number of carbonyl (C=O) groups excluding carboxylic acids is 1. The zero-order valence-corrected chi connectivity index (χ0v) is 12.8. The Labute approximate surface area is 136 Å². The second-order valence-electron chi connectivity index (χ2n) is 4.42. The topological polar surface area (TPSA) is 63.2 Å². The molecule has 0 unspecified atom stereocenters. The molecule has 2 aromatic rings. The minimum atomic E-state index is -4.70. The molecule has 0 radical (unpaired) electrons. The van der Waals surface area contributed by atoms with Gasteiger partial charge < -0.3 is 5.32 Å². The fraction of sp³-hybridized carbons (Fsp3) is 0. The lowest BCUT2D eigenvalue weighted by Gasteiger charge is -2.08. The van der Waals surface area contributed by atoms with E-state index in [0.29, 0.717) is 24.3 Å². The number of anilines is 1. The fourth-order valence-electron chi connectivity index (χ4n) is 1.70. The predicted molar refractivity (Wildman–Crippen MR) is 73.7 cm³/mol. The minimum absolute atomic E-state index is 0.354. The Morgan fingerprint density at radius 2 is 1.38 bits per heavy atom. The first-order valence-electron chi connectivity index (χ1n) is 5.90. The molecule has 0 fully saturated rings. The van der Waals surface area contributed by atoms with Crippen molar-refractivity contribution in [2.45, 2.75) is 4.90 Å². The molecule has 128 valence electrons. The van der Waals surface area contributed by atoms with E-state index in [9.17, 15) is 35.2 Å². The molecule has 0 spiro atoms. The average molecular weight is 386 g/mol. The van der Waals surface area contributed by atoms with Crippen LogP contribution in [0.25, 0.3) is 0 Å². The third-order valence-electron chi connectivity index (χ3n) is 2.76. The van der Waals surface area contributed by atoms with Crippen molar-refractivity contribution >= 4 is 31.3 Å². The lowest BCUT2D eigenvalue weighted by Crippen LogP contribution is -2.14. The number of carbonyl (C=O) groups is 1. The molecule has 0 aliphatic rings. The molecule has 2 aromatic carbocycles. The minimum Gasteiger partial charge on any atom is -0.322 e. The lowest BCUT2D eigenvalue weighted by molar-refractivity contribution is 0.102. The zero-order valence-electron chi connectivity index (χ0n) is 11.2. The van der Waals surface area contributed by atoms with Crippen LogP contribution in [0, 0.1) is 29.1 Å². The van der Waals surface area contributed by atoms with Crippen LogP contribution < -0.4 is 5.32 Å². The Hall–Kier alpha value is -2.20. The van der Waals surface area contributed by atoms with Gasteiger partial charge in [-0.25, -0.2) is 30.4 Å². The molecule has 1 N–H and O–H groups in total. The molecule has 24 heavy (non-hydrogen) atoms. The molecule has 0 aliphatic heterocycles. The van der Waals surface area contributed by atoms with E-state index in [1.54, 1.807) is 0 Å². The van der Waals surface area contributed by atoms with Crippen LogP contribution in [-0.2, 0) is 9.05 Å². The van der Waals surface area contributed by atoms with E-state index in [2.05, 4.69) is 0 Å². The number of nitrogens with one attached hydrogen (secondary N) is 1. The molecule has 0 saturated carbocycles. The van der Waals surface area contributed by atoms with Crippen molar-refractivity contribution in [1.29, 1.82) is 0 Å². The van der Waals surface area contributed by atoms with Gasteiger partial charge in [-0.15, -0.1) is 0 Å². The van der Waals surface area contributed by atoms with Crippen molar-refractivity contribution < 1.29 is 35.2 Å². The monoisotopic (exact) mass is 385 g/mol. The Balaban J connectivity index is 2.43.